The summed E-state index contributed by atoms with van der Waals surface area (Å²) in [4.78, 5) is 147. The number of nitrogens with one attached hydrogen (secondary N) is 6. The predicted octanol–water partition coefficient (Wildman–Crippen LogP) is 3.14. The highest BCUT2D eigenvalue weighted by Crippen LogP contribution is 2.48. The molecule has 22 atom stereocenters. The van der Waals surface area contributed by atoms with Gasteiger partial charge in [-0.2, -0.15) is 0 Å². The summed E-state index contributed by atoms with van der Waals surface area (Å²) >= 11 is 11.7. The molecule has 0 aliphatic carbocycles. The molecule has 0 aromatic carbocycles. The quantitative estimate of drug-likeness (QED) is 0.0489. The first-order valence-corrected chi connectivity index (χ1v) is 35.6. The van der Waals surface area contributed by atoms with Crippen LogP contribution in [0.3, 0.4) is 0 Å². The molecule has 0 bridgehead atoms. The summed E-state index contributed by atoms with van der Waals surface area (Å²) in [5.74, 6) is -2.67. The zero-order chi connectivity index (χ0) is 82.0. The number of hydrogen-bond donors (Lipinski definition) is 12. The monoisotopic (exact) mass is 1710 g/mol. The van der Waals surface area contributed by atoms with Crippen molar-refractivity contribution in [2.24, 2.45) is 29.6 Å². The Morgan fingerprint density at radius 1 is 0.345 bits per heavy atom. The van der Waals surface area contributed by atoms with Crippen molar-refractivity contribution in [3.63, 3.8) is 0 Å². The molecule has 0 radical (unpaired) electrons. The van der Waals surface area contributed by atoms with E-state index in [0.717, 1.165) is 76.3 Å². The third-order valence-corrected chi connectivity index (χ3v) is 21.8. The smallest absolute Gasteiger partial charge is 0.330 e. The molecule has 6 fully saturated rings. The number of rotatable bonds is 16. The normalized spacial score (nSPS) is 30.7. The number of halogens is 8. The second-order valence-corrected chi connectivity index (χ2v) is 27.4. The SMILES string of the molecule is C.C.C.C.C.C.CCC1(CC)O[C@@H](n2ccc(=O)[nH]c2=O)[C@H](F)[C@@H]1C.CC[C@@]1(CCl)O[C@@H](n2ccc(=O)[nH]c2=O)[C@H](F)[C@@H]1C.C[C@H]1[C@@H](F)[C@H](n2ccc(=O)[nH]c2=O)OC1(CO)CO.C[C@H]1[C@@H](F)[C@H](n2ccc(=O)[nH]c2=O)O[C@@H]1CO.C[C@H]1[C@@H](F)[C@H](n2ccc(=O)[nH]c2=O)O[C@@]1(CO)CCl.O=c1ccn([C@@H]2O[C@H](CO)[C@@H](O)[C@H]2F)c(=O)[nH]1. The minimum atomic E-state index is -1.85. The summed E-state index contributed by atoms with van der Waals surface area (Å²) in [6, 6.07) is 6.68. The third-order valence-electron chi connectivity index (χ3n) is 20.9. The van der Waals surface area contributed by atoms with Gasteiger partial charge in [0.15, 0.2) is 74.4 Å². The van der Waals surface area contributed by atoms with E-state index in [-0.39, 0.29) is 68.8 Å². The molecular formula is C72H112Cl2F6N12O24. The van der Waals surface area contributed by atoms with Crippen LogP contribution in [0.1, 0.15) is 157 Å². The van der Waals surface area contributed by atoms with Gasteiger partial charge in [-0.3, -0.25) is 86.1 Å². The van der Waals surface area contributed by atoms with E-state index in [2.05, 4.69) is 9.97 Å². The van der Waals surface area contributed by atoms with Crippen molar-refractivity contribution < 1.29 is 85.4 Å². The maximum Gasteiger partial charge on any atom is 0.330 e. The molecule has 116 heavy (non-hydrogen) atoms. The molecule has 12 rings (SSSR count). The Morgan fingerprint density at radius 2 is 0.569 bits per heavy atom. The van der Waals surface area contributed by atoms with Crippen molar-refractivity contribution in [2.75, 3.05) is 44.8 Å². The van der Waals surface area contributed by atoms with Gasteiger partial charge in [-0.25, -0.2) is 55.1 Å². The van der Waals surface area contributed by atoms with E-state index in [0.29, 0.717) is 19.3 Å². The average molecular weight is 1710 g/mol. The maximum absolute atomic E-state index is 14.4. The van der Waals surface area contributed by atoms with Crippen molar-refractivity contribution in [1.29, 1.82) is 0 Å². The molecule has 6 aromatic rings. The lowest BCUT2D eigenvalue weighted by Crippen LogP contribution is -2.43. The van der Waals surface area contributed by atoms with Gasteiger partial charge in [0.2, 0.25) is 0 Å². The zero-order valence-electron chi connectivity index (χ0n) is 60.3. The number of hydrogen-bond acceptors (Lipinski definition) is 24. The summed E-state index contributed by atoms with van der Waals surface area (Å²) in [5.41, 5.74) is -11.9. The average Bonchev–Trinajstić information content (AvgIpc) is 1.39. The molecule has 44 heteroatoms. The van der Waals surface area contributed by atoms with Gasteiger partial charge in [0.05, 0.1) is 62.1 Å². The van der Waals surface area contributed by atoms with Crippen LogP contribution in [-0.4, -0.2) is 210 Å². The molecule has 0 unspecified atom stereocenters. The Hall–Kier alpha value is -8.24. The van der Waals surface area contributed by atoms with Crippen molar-refractivity contribution in [3.8, 4) is 0 Å². The van der Waals surface area contributed by atoms with Crippen LogP contribution >= 0.6 is 23.2 Å². The van der Waals surface area contributed by atoms with Crippen LogP contribution in [0.2, 0.25) is 0 Å². The Kier molecular flexibility index (Phi) is 40.6. The standard InChI is InChI=1S/C13H19FN2O3.C12H16ClFN2O3.C11H14ClFN2O4.C11H15FN2O5.C10H13FN2O4.C9H11FN2O5.6CH4/c1-4-13(5-2)8(3)10(14)11(19-13)16-7-6-9(17)15-12(16)18;1-3-12(6-13)7(2)9(14)10(19-12)16-5-4-8(17)15-11(16)18;1-6-8(13)9(19-11(6,4-12)5-16)15-3-2-7(17)14-10(15)18;1-6-8(12)9(19-11(6,4-15)5-16)14-3-2-7(17)13-10(14)18;1-5-6(4-14)17-9(8(5)11)13-3-2-7(15)12-10(13)16;10-6-7(15)4(3-13)17-8(6)12-2-1-5(14)11-9(12)16;;;;;;/h6-8,10-11H,4-5H2,1-3H3,(H,15,17,18);4-5,7,9-10H,3,6H2,1-2H3,(H,15,17,18);2-3,6,8-9,16H,4-5H2,1H3,(H,14,17,18);2-3,6,8-9,15-16H,4-5H2,1H3,(H,13,17,18);2-3,5-6,8-9,14H,4H2,1H3,(H,12,15,16);1-2,4,6-8,13,15H,3H2,(H,11,14,16);6*1H4/t8-,10+,11+;7-,9+,10+,12-;6-,8+,9+,11+;6-,8+,9+;5-,6-,8-,9-;4-,6-,7-,8-;;;;;;/m000011....../s1. The maximum atomic E-state index is 14.4. The van der Waals surface area contributed by atoms with E-state index in [9.17, 15) is 104 Å². The number of alkyl halides is 8. The van der Waals surface area contributed by atoms with Gasteiger partial charge in [-0.15, -0.1) is 23.2 Å². The Morgan fingerprint density at radius 3 is 0.776 bits per heavy atom. The lowest BCUT2D eigenvalue weighted by atomic mass is 9.83. The molecule has 6 aromatic heterocycles. The summed E-state index contributed by atoms with van der Waals surface area (Å²) in [6.45, 7) is 11.5. The Balaban J connectivity index is 0.000000689. The van der Waals surface area contributed by atoms with Crippen LogP contribution in [0, 0.1) is 29.6 Å². The summed E-state index contributed by atoms with van der Waals surface area (Å²) in [6.07, 6.45) is -10.3. The molecule has 36 nitrogen and oxygen atoms in total. The van der Waals surface area contributed by atoms with Crippen molar-refractivity contribution in [3.05, 3.63) is 199 Å². The van der Waals surface area contributed by atoms with Crippen molar-refractivity contribution >= 4 is 23.2 Å². The molecule has 12 heterocycles. The summed E-state index contributed by atoms with van der Waals surface area (Å²) in [5, 5.41) is 55.2. The van der Waals surface area contributed by atoms with Crippen LogP contribution in [-0.2, 0) is 28.4 Å². The Bertz CT molecular complexity index is 4330. The minimum absolute atomic E-state index is 0. The van der Waals surface area contributed by atoms with Crippen LogP contribution in [0.15, 0.2) is 131 Å². The molecule has 0 saturated carbocycles. The van der Waals surface area contributed by atoms with Crippen LogP contribution in [0.25, 0.3) is 0 Å². The molecule has 12 N–H and O–H groups in total. The molecule has 6 aliphatic rings. The second kappa shape index (κ2) is 44.5. The number of nitrogens with zero attached hydrogens (tertiary/aromatic N) is 6. The van der Waals surface area contributed by atoms with Gasteiger partial charge in [0.1, 0.15) is 23.4 Å². The fourth-order valence-corrected chi connectivity index (χ4v) is 14.1. The van der Waals surface area contributed by atoms with Gasteiger partial charge in [0.25, 0.3) is 33.4 Å². The highest BCUT2D eigenvalue weighted by atomic mass is 35.5. The first kappa shape index (κ1) is 106. The first-order valence-electron chi connectivity index (χ1n) is 34.5. The fourth-order valence-electron chi connectivity index (χ4n) is 13.3. The Labute approximate surface area is 670 Å². The molecule has 0 spiro atoms. The fraction of sp³-hybridized carbons (Fsp3) is 0.667. The number of H-pyrrole nitrogens is 6. The molecule has 6 aliphatic heterocycles. The van der Waals surface area contributed by atoms with E-state index >= 15 is 0 Å². The van der Waals surface area contributed by atoms with Gasteiger partial charge in [-0.1, -0.05) is 99.9 Å². The van der Waals surface area contributed by atoms with Gasteiger partial charge in [0, 0.05) is 103 Å². The molecule has 6 saturated heterocycles. The predicted molar refractivity (Wildman–Crippen MR) is 416 cm³/mol. The molecule has 0 amide bonds. The van der Waals surface area contributed by atoms with Crippen LogP contribution < -0.4 is 67.5 Å². The van der Waals surface area contributed by atoms with Crippen LogP contribution in [0.4, 0.5) is 26.3 Å². The number of aromatic amines is 6. The van der Waals surface area contributed by atoms with E-state index in [1.807, 2.05) is 40.7 Å². The van der Waals surface area contributed by atoms with E-state index in [1.165, 1.54) is 31.6 Å². The van der Waals surface area contributed by atoms with Crippen molar-refractivity contribution in [2.45, 2.75) is 234 Å². The minimum Gasteiger partial charge on any atom is -0.394 e. The summed E-state index contributed by atoms with van der Waals surface area (Å²) < 4.78 is 123. The largest absolute Gasteiger partial charge is 0.394 e. The van der Waals surface area contributed by atoms with Gasteiger partial charge >= 0.3 is 34.1 Å². The zero-order valence-corrected chi connectivity index (χ0v) is 61.8. The lowest BCUT2D eigenvalue weighted by molar-refractivity contribution is -0.136. The third kappa shape index (κ3) is 22.0. The van der Waals surface area contributed by atoms with Gasteiger partial charge < -0.3 is 59.1 Å². The number of aliphatic hydroxyl groups is 6. The first-order chi connectivity index (χ1) is 51.9. The summed E-state index contributed by atoms with van der Waals surface area (Å²) in [7, 11) is 0. The number of aliphatic hydroxyl groups excluding tert-OH is 6. The molecular weight excluding hydrogens is 1600 g/mol. The van der Waals surface area contributed by atoms with E-state index in [4.69, 9.17) is 61.8 Å². The lowest BCUT2D eigenvalue weighted by Gasteiger charge is -2.30. The van der Waals surface area contributed by atoms with Crippen molar-refractivity contribution in [1.82, 2.24) is 57.3 Å². The van der Waals surface area contributed by atoms with E-state index in [1.54, 1.807) is 27.7 Å². The number of aromatic nitrogens is 12. The molecule has 660 valence electrons. The highest BCUT2D eigenvalue weighted by Gasteiger charge is 2.57. The second-order valence-electron chi connectivity index (χ2n) is 26.9. The topological polar surface area (TPSA) is 506 Å². The highest BCUT2D eigenvalue weighted by molar-refractivity contribution is 6.18. The number of ether oxygens (including phenoxy) is 6. The van der Waals surface area contributed by atoms with Gasteiger partial charge in [-0.05, 0) is 19.3 Å². The van der Waals surface area contributed by atoms with Crippen LogP contribution in [0.5, 0.6) is 0 Å². The van der Waals surface area contributed by atoms with E-state index < -0.39 is 233 Å².